The number of anilines is 1. The van der Waals surface area contributed by atoms with Crippen LogP contribution in [-0.4, -0.2) is 23.2 Å². The summed E-state index contributed by atoms with van der Waals surface area (Å²) in [7, 11) is 0. The molecule has 4 nitrogen and oxygen atoms in total. The zero-order valence-electron chi connectivity index (χ0n) is 12.0. The van der Waals surface area contributed by atoms with Gasteiger partial charge in [-0.05, 0) is 45.7 Å². The Morgan fingerprint density at radius 1 is 1.47 bits per heavy atom. The van der Waals surface area contributed by atoms with E-state index in [-0.39, 0.29) is 5.56 Å². The molecule has 1 saturated heterocycles. The lowest BCUT2D eigenvalue weighted by Gasteiger charge is -2.27. The van der Waals surface area contributed by atoms with Gasteiger partial charge in [-0.3, -0.25) is 4.79 Å². The first-order valence-electron chi connectivity index (χ1n) is 7.39. The van der Waals surface area contributed by atoms with Crippen LogP contribution in [0.1, 0.15) is 39.5 Å². The van der Waals surface area contributed by atoms with Gasteiger partial charge >= 0.3 is 0 Å². The standard InChI is InChI=1S/C15H25N3O/c1-3-18-11-14(7-8-15(18)19)17-12(2)10-13-6-4-5-9-16-13/h7-8,11-13,16-17H,3-6,9-10H2,1-2H3. The summed E-state index contributed by atoms with van der Waals surface area (Å²) in [5.41, 5.74) is 1.10. The number of nitrogens with one attached hydrogen (secondary N) is 2. The highest BCUT2D eigenvalue weighted by atomic mass is 16.1. The van der Waals surface area contributed by atoms with E-state index in [9.17, 15) is 4.79 Å². The summed E-state index contributed by atoms with van der Waals surface area (Å²) in [5.74, 6) is 0. The number of pyridine rings is 1. The van der Waals surface area contributed by atoms with E-state index in [1.165, 1.54) is 19.3 Å². The molecular weight excluding hydrogens is 238 g/mol. The van der Waals surface area contributed by atoms with Gasteiger partial charge in [0.25, 0.3) is 5.56 Å². The number of nitrogens with zero attached hydrogens (tertiary/aromatic N) is 1. The second-order valence-electron chi connectivity index (χ2n) is 5.47. The van der Waals surface area contributed by atoms with Crippen molar-refractivity contribution < 1.29 is 0 Å². The minimum Gasteiger partial charge on any atom is -0.381 e. The summed E-state index contributed by atoms with van der Waals surface area (Å²) in [6.45, 7) is 6.06. The van der Waals surface area contributed by atoms with Crippen molar-refractivity contribution in [1.29, 1.82) is 0 Å². The van der Waals surface area contributed by atoms with E-state index in [4.69, 9.17) is 0 Å². The number of hydrogen-bond acceptors (Lipinski definition) is 3. The summed E-state index contributed by atoms with van der Waals surface area (Å²) in [6, 6.07) is 4.56. The number of piperidine rings is 1. The van der Waals surface area contributed by atoms with E-state index in [1.54, 1.807) is 10.6 Å². The SMILES string of the molecule is CCn1cc(NC(C)CC2CCCCN2)ccc1=O. The molecule has 0 aliphatic carbocycles. The molecule has 1 aromatic heterocycles. The molecule has 1 aliphatic rings. The van der Waals surface area contributed by atoms with Crippen molar-refractivity contribution in [3.8, 4) is 0 Å². The Balaban J connectivity index is 1.90. The Morgan fingerprint density at radius 2 is 2.32 bits per heavy atom. The van der Waals surface area contributed by atoms with Gasteiger partial charge in [-0.1, -0.05) is 6.42 Å². The van der Waals surface area contributed by atoms with E-state index in [0.29, 0.717) is 18.6 Å². The minimum atomic E-state index is 0.0645. The van der Waals surface area contributed by atoms with Crippen LogP contribution in [0.15, 0.2) is 23.1 Å². The van der Waals surface area contributed by atoms with Crippen molar-refractivity contribution in [1.82, 2.24) is 9.88 Å². The highest BCUT2D eigenvalue weighted by molar-refractivity contribution is 5.41. The molecule has 0 aromatic carbocycles. The van der Waals surface area contributed by atoms with Gasteiger partial charge in [-0.2, -0.15) is 0 Å². The van der Waals surface area contributed by atoms with Crippen LogP contribution >= 0.6 is 0 Å². The predicted molar refractivity (Wildman–Crippen MR) is 79.7 cm³/mol. The third kappa shape index (κ3) is 4.10. The van der Waals surface area contributed by atoms with Gasteiger partial charge in [0.1, 0.15) is 0 Å². The Hall–Kier alpha value is -1.29. The van der Waals surface area contributed by atoms with Gasteiger partial charge in [-0.15, -0.1) is 0 Å². The average molecular weight is 263 g/mol. The van der Waals surface area contributed by atoms with Crippen LogP contribution in [0.3, 0.4) is 0 Å². The molecule has 2 heterocycles. The molecule has 106 valence electrons. The normalized spacial score (nSPS) is 21.1. The zero-order valence-corrected chi connectivity index (χ0v) is 12.0. The van der Waals surface area contributed by atoms with Crippen molar-refractivity contribution in [2.75, 3.05) is 11.9 Å². The van der Waals surface area contributed by atoms with Crippen molar-refractivity contribution >= 4 is 5.69 Å². The maximum absolute atomic E-state index is 11.5. The first-order valence-corrected chi connectivity index (χ1v) is 7.39. The molecule has 0 saturated carbocycles. The maximum Gasteiger partial charge on any atom is 0.250 e. The molecule has 1 aromatic rings. The number of rotatable bonds is 5. The van der Waals surface area contributed by atoms with Crippen LogP contribution in [0, 0.1) is 0 Å². The molecule has 0 spiro atoms. The first kappa shape index (κ1) is 14.1. The largest absolute Gasteiger partial charge is 0.381 e. The predicted octanol–water partition coefficient (Wildman–Crippen LogP) is 2.20. The van der Waals surface area contributed by atoms with E-state index in [2.05, 4.69) is 17.6 Å². The highest BCUT2D eigenvalue weighted by Crippen LogP contribution is 2.14. The number of aryl methyl sites for hydroxylation is 1. The fourth-order valence-electron chi connectivity index (χ4n) is 2.76. The monoisotopic (exact) mass is 263 g/mol. The average Bonchev–Trinajstić information content (AvgIpc) is 2.42. The fraction of sp³-hybridized carbons (Fsp3) is 0.667. The van der Waals surface area contributed by atoms with Crippen LogP contribution in [0.4, 0.5) is 5.69 Å². The fourth-order valence-corrected chi connectivity index (χ4v) is 2.76. The molecule has 1 aliphatic heterocycles. The van der Waals surface area contributed by atoms with Gasteiger partial charge in [0.05, 0.1) is 5.69 Å². The Bertz CT molecular complexity index is 449. The summed E-state index contributed by atoms with van der Waals surface area (Å²) in [6.07, 6.45) is 6.96. The lowest BCUT2D eigenvalue weighted by atomic mass is 9.99. The van der Waals surface area contributed by atoms with Crippen LogP contribution in [0.5, 0.6) is 0 Å². The Kier molecular flexibility index (Phi) is 5.02. The second kappa shape index (κ2) is 6.75. The quantitative estimate of drug-likeness (QED) is 0.856. The molecule has 0 bridgehead atoms. The van der Waals surface area contributed by atoms with Crippen LogP contribution in [0.25, 0.3) is 0 Å². The number of aromatic nitrogens is 1. The van der Waals surface area contributed by atoms with Crippen LogP contribution in [-0.2, 0) is 6.54 Å². The van der Waals surface area contributed by atoms with Gasteiger partial charge < -0.3 is 15.2 Å². The molecule has 2 N–H and O–H groups in total. The zero-order chi connectivity index (χ0) is 13.7. The van der Waals surface area contributed by atoms with Gasteiger partial charge in [0.2, 0.25) is 0 Å². The Morgan fingerprint density at radius 3 is 3.00 bits per heavy atom. The van der Waals surface area contributed by atoms with Crippen LogP contribution in [0.2, 0.25) is 0 Å². The molecule has 2 unspecified atom stereocenters. The van der Waals surface area contributed by atoms with E-state index in [0.717, 1.165) is 18.7 Å². The molecule has 0 radical (unpaired) electrons. The van der Waals surface area contributed by atoms with E-state index in [1.807, 2.05) is 19.2 Å². The van der Waals surface area contributed by atoms with Crippen molar-refractivity contribution in [3.05, 3.63) is 28.7 Å². The topological polar surface area (TPSA) is 46.1 Å². The molecule has 1 fully saturated rings. The van der Waals surface area contributed by atoms with Crippen molar-refractivity contribution in [2.45, 2.75) is 58.2 Å². The molecule has 2 atom stereocenters. The van der Waals surface area contributed by atoms with E-state index < -0.39 is 0 Å². The van der Waals surface area contributed by atoms with Gasteiger partial charge in [0.15, 0.2) is 0 Å². The van der Waals surface area contributed by atoms with Gasteiger partial charge in [0, 0.05) is 30.9 Å². The first-order chi connectivity index (χ1) is 9.19. The minimum absolute atomic E-state index is 0.0645. The van der Waals surface area contributed by atoms with Crippen molar-refractivity contribution in [2.24, 2.45) is 0 Å². The second-order valence-corrected chi connectivity index (χ2v) is 5.47. The third-order valence-electron chi connectivity index (χ3n) is 3.79. The maximum atomic E-state index is 11.5. The molecule has 19 heavy (non-hydrogen) atoms. The highest BCUT2D eigenvalue weighted by Gasteiger charge is 2.15. The van der Waals surface area contributed by atoms with E-state index >= 15 is 0 Å². The molecule has 4 heteroatoms. The van der Waals surface area contributed by atoms with Crippen molar-refractivity contribution in [3.63, 3.8) is 0 Å². The van der Waals surface area contributed by atoms with Gasteiger partial charge in [-0.25, -0.2) is 0 Å². The molecule has 0 amide bonds. The Labute approximate surface area is 115 Å². The summed E-state index contributed by atoms with van der Waals surface area (Å²) in [5, 5.41) is 7.06. The lowest BCUT2D eigenvalue weighted by molar-refractivity contribution is 0.371. The lowest BCUT2D eigenvalue weighted by Crippen LogP contribution is -2.37. The van der Waals surface area contributed by atoms with Crippen LogP contribution < -0.4 is 16.2 Å². The summed E-state index contributed by atoms with van der Waals surface area (Å²) < 4.78 is 1.73. The smallest absolute Gasteiger partial charge is 0.250 e. The summed E-state index contributed by atoms with van der Waals surface area (Å²) in [4.78, 5) is 11.5. The molecule has 2 rings (SSSR count). The number of hydrogen-bond donors (Lipinski definition) is 2. The molecular formula is C15H25N3O. The summed E-state index contributed by atoms with van der Waals surface area (Å²) >= 11 is 0. The third-order valence-corrected chi connectivity index (χ3v) is 3.79.